The summed E-state index contributed by atoms with van der Waals surface area (Å²) in [6.45, 7) is 8.89. The lowest BCUT2D eigenvalue weighted by Crippen LogP contribution is -1.85. The molecule has 0 fully saturated rings. The Hall–Kier alpha value is -1.07. The molecule has 0 saturated carbocycles. The summed E-state index contributed by atoms with van der Waals surface area (Å²) in [7, 11) is 0. The van der Waals surface area contributed by atoms with Gasteiger partial charge in [-0.2, -0.15) is 0 Å². The van der Waals surface area contributed by atoms with E-state index >= 15 is 0 Å². The zero-order valence-corrected chi connectivity index (χ0v) is 6.89. The quantitative estimate of drug-likeness (QED) is 0.463. The Morgan fingerprint density at radius 1 is 1.73 bits per heavy atom. The molecule has 0 atom stereocenters. The molecule has 2 nitrogen and oxygen atoms in total. The van der Waals surface area contributed by atoms with E-state index in [0.717, 1.165) is 11.1 Å². The minimum atomic E-state index is 0.380. The van der Waals surface area contributed by atoms with Gasteiger partial charge in [0.2, 0.25) is 6.54 Å². The lowest BCUT2D eigenvalue weighted by atomic mass is 10.2. The highest BCUT2D eigenvalue weighted by atomic mass is 35.5. The highest BCUT2D eigenvalue weighted by Crippen LogP contribution is 2.12. The molecule has 3 heteroatoms. The largest absolute Gasteiger partial charge is 0.312 e. The van der Waals surface area contributed by atoms with Crippen LogP contribution in [0.1, 0.15) is 11.1 Å². The van der Waals surface area contributed by atoms with Crippen LogP contribution in [0.3, 0.4) is 0 Å². The standard InChI is InChI=1S/C8H7ClN2/c1-6-3-7(4-10-2)5-11-8(6)9/h3,5H,4H2,1H3. The van der Waals surface area contributed by atoms with E-state index in [-0.39, 0.29) is 0 Å². The van der Waals surface area contributed by atoms with Crippen molar-refractivity contribution in [1.82, 2.24) is 4.98 Å². The smallest absolute Gasteiger partial charge is 0.241 e. The predicted molar refractivity (Wildman–Crippen MR) is 44.3 cm³/mol. The maximum absolute atomic E-state index is 6.63. The van der Waals surface area contributed by atoms with Gasteiger partial charge in [-0.15, -0.1) is 0 Å². The van der Waals surface area contributed by atoms with Gasteiger partial charge in [-0.05, 0) is 18.6 Å². The molecule has 1 rings (SSSR count). The molecule has 0 radical (unpaired) electrons. The summed E-state index contributed by atoms with van der Waals surface area (Å²) in [6, 6.07) is 1.88. The molecule has 0 aliphatic heterocycles. The van der Waals surface area contributed by atoms with Crippen molar-refractivity contribution in [2.75, 3.05) is 0 Å². The highest BCUT2D eigenvalue weighted by molar-refractivity contribution is 6.30. The van der Waals surface area contributed by atoms with E-state index in [0.29, 0.717) is 11.7 Å². The molecule has 0 aliphatic carbocycles. The van der Waals surface area contributed by atoms with Crippen LogP contribution < -0.4 is 0 Å². The van der Waals surface area contributed by atoms with E-state index in [2.05, 4.69) is 9.83 Å². The fourth-order valence-corrected chi connectivity index (χ4v) is 0.897. The van der Waals surface area contributed by atoms with Gasteiger partial charge in [-0.25, -0.2) is 11.6 Å². The average Bonchev–Trinajstić information content (AvgIpc) is 1.98. The summed E-state index contributed by atoms with van der Waals surface area (Å²) < 4.78 is 0. The lowest BCUT2D eigenvalue weighted by Gasteiger charge is -1.96. The van der Waals surface area contributed by atoms with E-state index in [1.165, 1.54) is 0 Å². The molecule has 0 amide bonds. The Morgan fingerprint density at radius 3 is 3.00 bits per heavy atom. The fraction of sp³-hybridized carbons (Fsp3) is 0.250. The van der Waals surface area contributed by atoms with Crippen LogP contribution in [0.4, 0.5) is 0 Å². The monoisotopic (exact) mass is 166 g/mol. The van der Waals surface area contributed by atoms with Gasteiger partial charge in [-0.3, -0.25) is 0 Å². The number of halogens is 1. The Labute approximate surface area is 70.7 Å². The van der Waals surface area contributed by atoms with Crippen LogP contribution in [0.2, 0.25) is 5.15 Å². The van der Waals surface area contributed by atoms with E-state index < -0.39 is 0 Å². The van der Waals surface area contributed by atoms with Crippen molar-refractivity contribution >= 4 is 11.6 Å². The van der Waals surface area contributed by atoms with Gasteiger partial charge >= 0.3 is 0 Å². The van der Waals surface area contributed by atoms with E-state index in [9.17, 15) is 0 Å². The van der Waals surface area contributed by atoms with Crippen molar-refractivity contribution in [3.05, 3.63) is 40.0 Å². The average molecular weight is 167 g/mol. The molecule has 0 N–H and O–H groups in total. The van der Waals surface area contributed by atoms with Crippen molar-refractivity contribution in [1.29, 1.82) is 0 Å². The minimum absolute atomic E-state index is 0.380. The molecule has 0 saturated heterocycles. The summed E-state index contributed by atoms with van der Waals surface area (Å²) >= 11 is 5.69. The first kappa shape index (κ1) is 8.03. The summed E-state index contributed by atoms with van der Waals surface area (Å²) in [5, 5.41) is 0.513. The van der Waals surface area contributed by atoms with Crippen molar-refractivity contribution in [2.24, 2.45) is 0 Å². The molecule has 0 aromatic carbocycles. The van der Waals surface area contributed by atoms with Crippen LogP contribution in [0.5, 0.6) is 0 Å². The molecule has 11 heavy (non-hydrogen) atoms. The molecular weight excluding hydrogens is 160 g/mol. The van der Waals surface area contributed by atoms with Gasteiger partial charge in [0.25, 0.3) is 0 Å². The van der Waals surface area contributed by atoms with Gasteiger partial charge in [-0.1, -0.05) is 11.6 Å². The van der Waals surface area contributed by atoms with Gasteiger partial charge in [0.05, 0.1) is 0 Å². The number of pyridine rings is 1. The Morgan fingerprint density at radius 2 is 2.45 bits per heavy atom. The molecule has 1 aromatic heterocycles. The zero-order chi connectivity index (χ0) is 8.27. The van der Waals surface area contributed by atoms with E-state index in [1.54, 1.807) is 6.20 Å². The summed E-state index contributed by atoms with van der Waals surface area (Å²) in [5.74, 6) is 0. The molecule has 0 bridgehead atoms. The number of nitrogens with zero attached hydrogens (tertiary/aromatic N) is 2. The summed E-state index contributed by atoms with van der Waals surface area (Å²) in [5.41, 5.74) is 1.84. The van der Waals surface area contributed by atoms with Crippen LogP contribution in [-0.4, -0.2) is 4.98 Å². The second-order valence-electron chi connectivity index (χ2n) is 2.27. The molecule has 1 heterocycles. The van der Waals surface area contributed by atoms with Crippen molar-refractivity contribution < 1.29 is 0 Å². The Balaban J connectivity index is 2.98. The van der Waals surface area contributed by atoms with Crippen LogP contribution in [0.15, 0.2) is 12.3 Å². The topological polar surface area (TPSA) is 17.2 Å². The number of aromatic nitrogens is 1. The third-order valence-electron chi connectivity index (χ3n) is 1.33. The Kier molecular flexibility index (Phi) is 2.45. The van der Waals surface area contributed by atoms with Crippen LogP contribution in [-0.2, 0) is 6.54 Å². The molecule has 1 aromatic rings. The second-order valence-corrected chi connectivity index (χ2v) is 2.63. The number of hydrogen-bond donors (Lipinski definition) is 0. The van der Waals surface area contributed by atoms with E-state index in [1.807, 2.05) is 13.0 Å². The summed E-state index contributed by atoms with van der Waals surface area (Å²) in [6.07, 6.45) is 1.63. The Bertz CT molecular complexity index is 301. The van der Waals surface area contributed by atoms with Crippen molar-refractivity contribution in [2.45, 2.75) is 13.5 Å². The van der Waals surface area contributed by atoms with Crippen molar-refractivity contribution in [3.63, 3.8) is 0 Å². The van der Waals surface area contributed by atoms with Gasteiger partial charge in [0, 0.05) is 11.8 Å². The van der Waals surface area contributed by atoms with E-state index in [4.69, 9.17) is 18.2 Å². The predicted octanol–water partition coefficient (Wildman–Crippen LogP) is 2.46. The second kappa shape index (κ2) is 3.36. The fourth-order valence-electron chi connectivity index (χ4n) is 0.794. The first-order chi connectivity index (χ1) is 5.24. The SMILES string of the molecule is [C-]#[N+]Cc1cnc(Cl)c(C)c1. The van der Waals surface area contributed by atoms with Crippen molar-refractivity contribution in [3.8, 4) is 0 Å². The van der Waals surface area contributed by atoms with Gasteiger partial charge in [0.15, 0.2) is 0 Å². The zero-order valence-electron chi connectivity index (χ0n) is 6.13. The number of aryl methyl sites for hydroxylation is 1. The first-order valence-corrected chi connectivity index (χ1v) is 3.56. The maximum atomic E-state index is 6.63. The molecule has 0 spiro atoms. The minimum Gasteiger partial charge on any atom is -0.312 e. The third kappa shape index (κ3) is 1.92. The molecular formula is C8H7ClN2. The third-order valence-corrected chi connectivity index (χ3v) is 1.73. The summed E-state index contributed by atoms with van der Waals surface area (Å²) in [4.78, 5) is 7.16. The van der Waals surface area contributed by atoms with Gasteiger partial charge in [0.1, 0.15) is 5.15 Å². The van der Waals surface area contributed by atoms with Crippen LogP contribution in [0, 0.1) is 13.5 Å². The van der Waals surface area contributed by atoms with Gasteiger partial charge < -0.3 is 4.85 Å². The molecule has 56 valence electrons. The molecule has 0 unspecified atom stereocenters. The normalized spacial score (nSPS) is 9.18. The lowest BCUT2D eigenvalue weighted by molar-refractivity contribution is 1.16. The van der Waals surface area contributed by atoms with Crippen LogP contribution >= 0.6 is 11.6 Å². The first-order valence-electron chi connectivity index (χ1n) is 3.18. The highest BCUT2D eigenvalue weighted by Gasteiger charge is 1.99. The molecule has 0 aliphatic rings. The maximum Gasteiger partial charge on any atom is 0.241 e. The number of rotatable bonds is 1. The number of hydrogen-bond acceptors (Lipinski definition) is 1. The van der Waals surface area contributed by atoms with Crippen LogP contribution in [0.25, 0.3) is 4.85 Å².